The first-order chi connectivity index (χ1) is 13.7. The third kappa shape index (κ3) is 3.96. The summed E-state index contributed by atoms with van der Waals surface area (Å²) in [5, 5.41) is 7.50. The summed E-state index contributed by atoms with van der Waals surface area (Å²) >= 11 is 6.34. The van der Waals surface area contributed by atoms with Gasteiger partial charge in [0.2, 0.25) is 19.7 Å². The summed E-state index contributed by atoms with van der Waals surface area (Å²) in [6, 6.07) is 20.8. The smallest absolute Gasteiger partial charge is 0.219 e. The Labute approximate surface area is 174 Å². The lowest BCUT2D eigenvalue weighted by Crippen LogP contribution is -2.39. The van der Waals surface area contributed by atoms with E-state index >= 15 is 0 Å². The fraction of sp³-hybridized carbons (Fsp3) is 0.100. The highest BCUT2D eigenvalue weighted by Crippen LogP contribution is 2.41. The summed E-state index contributed by atoms with van der Waals surface area (Å²) in [5.74, 6) is 0. The molecule has 0 saturated carbocycles. The fourth-order valence-electron chi connectivity index (χ4n) is 2.47. The van der Waals surface area contributed by atoms with Gasteiger partial charge in [-0.3, -0.25) is 0 Å². The van der Waals surface area contributed by atoms with E-state index in [2.05, 4.69) is 10.2 Å². The second kappa shape index (κ2) is 8.06. The normalized spacial score (nSPS) is 12.9. The van der Waals surface area contributed by atoms with Crippen molar-refractivity contribution in [3.63, 3.8) is 0 Å². The van der Waals surface area contributed by atoms with Crippen LogP contribution in [0.1, 0.15) is 5.56 Å². The van der Waals surface area contributed by atoms with Crippen molar-refractivity contribution in [3.05, 3.63) is 90.5 Å². The average molecular weight is 449 g/mol. The minimum absolute atomic E-state index is 0.271. The zero-order valence-electron chi connectivity index (χ0n) is 15.3. The van der Waals surface area contributed by atoms with Crippen LogP contribution in [0.2, 0.25) is 0 Å². The summed E-state index contributed by atoms with van der Waals surface area (Å²) < 4.78 is 50.1. The van der Waals surface area contributed by atoms with E-state index in [1.54, 1.807) is 36.4 Å². The Bertz CT molecular complexity index is 1160. The van der Waals surface area contributed by atoms with Gasteiger partial charge in [-0.15, -0.1) is 5.11 Å². The Morgan fingerprint density at radius 3 is 1.52 bits per heavy atom. The molecule has 3 rings (SSSR count). The highest BCUT2D eigenvalue weighted by molar-refractivity contribution is 8.12. The van der Waals surface area contributed by atoms with Gasteiger partial charge in [-0.05, 0) is 43.3 Å². The van der Waals surface area contributed by atoms with E-state index in [0.717, 1.165) is 5.56 Å². The van der Waals surface area contributed by atoms with Crippen molar-refractivity contribution >= 4 is 37.0 Å². The molecule has 0 N–H and O–H groups in total. The maximum atomic E-state index is 13.3. The molecule has 0 saturated heterocycles. The molecule has 3 aromatic carbocycles. The van der Waals surface area contributed by atoms with Crippen LogP contribution in [0.5, 0.6) is 0 Å². The van der Waals surface area contributed by atoms with Gasteiger partial charge in [-0.25, -0.2) is 16.8 Å². The van der Waals surface area contributed by atoms with Crippen LogP contribution in [0.4, 0.5) is 5.69 Å². The van der Waals surface area contributed by atoms with Crippen LogP contribution in [0.25, 0.3) is 0 Å². The molecule has 6 nitrogen and oxygen atoms in total. The molecule has 0 amide bonds. The van der Waals surface area contributed by atoms with Crippen molar-refractivity contribution in [1.82, 2.24) is 0 Å². The SMILES string of the molecule is Cc1ccc(N=NC(Cl)(S(=O)(=O)c2ccccc2)S(=O)(=O)c2ccccc2)cc1. The molecule has 150 valence electrons. The maximum Gasteiger partial charge on any atom is 0.362 e. The molecule has 0 unspecified atom stereocenters. The van der Waals surface area contributed by atoms with Crippen molar-refractivity contribution in [1.29, 1.82) is 0 Å². The van der Waals surface area contributed by atoms with Crippen LogP contribution in [-0.2, 0) is 19.7 Å². The first-order valence-electron chi connectivity index (χ1n) is 8.46. The topological polar surface area (TPSA) is 93.0 Å². The predicted octanol–water partition coefficient (Wildman–Crippen LogP) is 4.88. The average Bonchev–Trinajstić information content (AvgIpc) is 2.74. The fourth-order valence-corrected chi connectivity index (χ4v) is 6.68. The molecule has 9 heteroatoms. The van der Waals surface area contributed by atoms with Gasteiger partial charge in [0.05, 0.1) is 15.5 Å². The van der Waals surface area contributed by atoms with E-state index in [0.29, 0.717) is 0 Å². The quantitative estimate of drug-likeness (QED) is 0.305. The number of halogens is 1. The van der Waals surface area contributed by atoms with Crippen LogP contribution < -0.4 is 0 Å². The van der Waals surface area contributed by atoms with Crippen molar-refractivity contribution in [3.8, 4) is 0 Å². The first-order valence-corrected chi connectivity index (χ1v) is 11.8. The molecular formula is C20H17ClN2O4S2. The minimum atomic E-state index is -4.67. The van der Waals surface area contributed by atoms with Crippen LogP contribution in [0, 0.1) is 6.92 Å². The third-order valence-electron chi connectivity index (χ3n) is 4.09. The number of sulfone groups is 2. The predicted molar refractivity (Wildman–Crippen MR) is 112 cm³/mol. The summed E-state index contributed by atoms with van der Waals surface area (Å²) in [6.07, 6.45) is 0. The van der Waals surface area contributed by atoms with Crippen molar-refractivity contribution in [2.45, 2.75) is 20.4 Å². The summed E-state index contributed by atoms with van der Waals surface area (Å²) in [5.41, 5.74) is 1.22. The number of azo groups is 1. The summed E-state index contributed by atoms with van der Waals surface area (Å²) in [7, 11) is -9.34. The van der Waals surface area contributed by atoms with E-state index in [1.807, 2.05) is 6.92 Å². The minimum Gasteiger partial charge on any atom is -0.219 e. The molecule has 0 fully saturated rings. The van der Waals surface area contributed by atoms with E-state index in [-0.39, 0.29) is 15.5 Å². The highest BCUT2D eigenvalue weighted by atomic mass is 35.5. The van der Waals surface area contributed by atoms with Crippen LogP contribution in [-0.4, -0.2) is 20.5 Å². The lowest BCUT2D eigenvalue weighted by Gasteiger charge is -2.22. The Morgan fingerprint density at radius 2 is 1.10 bits per heavy atom. The molecule has 0 spiro atoms. The molecule has 0 heterocycles. The second-order valence-corrected chi connectivity index (χ2v) is 11.6. The number of aryl methyl sites for hydroxylation is 1. The van der Waals surface area contributed by atoms with E-state index < -0.39 is 23.3 Å². The molecule has 0 aliphatic rings. The number of alkyl halides is 1. The van der Waals surface area contributed by atoms with Crippen molar-refractivity contribution < 1.29 is 16.8 Å². The molecule has 29 heavy (non-hydrogen) atoms. The first kappa shape index (κ1) is 21.2. The Kier molecular flexibility index (Phi) is 5.88. The monoisotopic (exact) mass is 448 g/mol. The van der Waals surface area contributed by atoms with Crippen LogP contribution >= 0.6 is 11.6 Å². The molecule has 0 atom stereocenters. The number of benzene rings is 3. The van der Waals surface area contributed by atoms with Crippen LogP contribution in [0.15, 0.2) is 105 Å². The Morgan fingerprint density at radius 1 is 0.690 bits per heavy atom. The van der Waals surface area contributed by atoms with Crippen LogP contribution in [0.3, 0.4) is 0 Å². The van der Waals surface area contributed by atoms with E-state index in [9.17, 15) is 16.8 Å². The molecule has 3 aromatic rings. The largest absolute Gasteiger partial charge is 0.362 e. The summed E-state index contributed by atoms with van der Waals surface area (Å²) in [4.78, 5) is -0.560. The lowest BCUT2D eigenvalue weighted by atomic mass is 10.2. The van der Waals surface area contributed by atoms with Gasteiger partial charge in [0.15, 0.2) is 0 Å². The van der Waals surface area contributed by atoms with Gasteiger partial charge in [-0.2, -0.15) is 5.11 Å². The number of hydrogen-bond donors (Lipinski definition) is 0. The van der Waals surface area contributed by atoms with Gasteiger partial charge in [-0.1, -0.05) is 65.7 Å². The Hall–Kier alpha value is -2.55. The van der Waals surface area contributed by atoms with Gasteiger partial charge in [0, 0.05) is 0 Å². The molecule has 0 bridgehead atoms. The van der Waals surface area contributed by atoms with E-state index in [1.165, 1.54) is 48.5 Å². The molecular weight excluding hydrogens is 432 g/mol. The van der Waals surface area contributed by atoms with Gasteiger partial charge in [0.1, 0.15) is 0 Å². The van der Waals surface area contributed by atoms with Gasteiger partial charge in [0.25, 0.3) is 0 Å². The number of nitrogens with zero attached hydrogens (tertiary/aromatic N) is 2. The van der Waals surface area contributed by atoms with Gasteiger partial charge < -0.3 is 0 Å². The number of rotatable bonds is 6. The molecule has 0 aromatic heterocycles. The zero-order valence-corrected chi connectivity index (χ0v) is 17.7. The van der Waals surface area contributed by atoms with E-state index in [4.69, 9.17) is 11.6 Å². The molecule has 0 aliphatic carbocycles. The van der Waals surface area contributed by atoms with Gasteiger partial charge >= 0.3 is 3.66 Å². The Balaban J connectivity index is 2.22. The van der Waals surface area contributed by atoms with Crippen molar-refractivity contribution in [2.75, 3.05) is 0 Å². The molecule has 0 aliphatic heterocycles. The molecule has 0 radical (unpaired) electrons. The zero-order chi connectivity index (χ0) is 21.1. The second-order valence-electron chi connectivity index (χ2n) is 6.17. The number of hydrogen-bond acceptors (Lipinski definition) is 6. The lowest BCUT2D eigenvalue weighted by molar-refractivity contribution is 0.566. The summed E-state index contributed by atoms with van der Waals surface area (Å²) in [6.45, 7) is 1.87. The third-order valence-corrected chi connectivity index (χ3v) is 9.97. The maximum absolute atomic E-state index is 13.3. The highest BCUT2D eigenvalue weighted by Gasteiger charge is 2.56. The standard InChI is InChI=1S/C20H17ClN2O4S2/c1-16-12-14-17(15-13-16)22-23-20(21,28(24,25)18-8-4-2-5-9-18)29(26,27)19-10-6-3-7-11-19/h2-15H,1H3. The van der Waals surface area contributed by atoms with Crippen molar-refractivity contribution in [2.24, 2.45) is 10.2 Å².